The molecule has 2 N–H and O–H groups in total. The zero-order chi connectivity index (χ0) is 19.3. The first kappa shape index (κ1) is 19.9. The third-order valence-corrected chi connectivity index (χ3v) is 4.47. The van der Waals surface area contributed by atoms with Crippen LogP contribution in [0.2, 0.25) is 0 Å². The molecule has 1 aliphatic rings. The van der Waals surface area contributed by atoms with Crippen molar-refractivity contribution < 1.29 is 24.2 Å². The number of Topliss-reactive ketones (excluding diaryl/α,β-unsaturated/α-hetero) is 1. The van der Waals surface area contributed by atoms with E-state index in [1.54, 1.807) is 31.2 Å². The standard InChI is InChI=1S/C19H26N2O5/c1-4-5-10-19(3)17(24)21(18(25)20-19)11-15(23)12-26-16-8-6-14(7-9-16)13(2)22/h6-9,15,23H,4-5,10-12H2,1-3H3,(H,20,25). The normalized spacial score (nSPS) is 20.8. The largest absolute Gasteiger partial charge is 0.491 e. The smallest absolute Gasteiger partial charge is 0.325 e. The molecule has 0 aliphatic carbocycles. The van der Waals surface area contributed by atoms with E-state index in [-0.39, 0.29) is 24.8 Å². The first-order valence-corrected chi connectivity index (χ1v) is 8.83. The molecule has 1 saturated heterocycles. The number of ether oxygens (including phenoxy) is 1. The molecule has 2 atom stereocenters. The summed E-state index contributed by atoms with van der Waals surface area (Å²) in [7, 11) is 0. The van der Waals surface area contributed by atoms with Gasteiger partial charge in [0, 0.05) is 5.56 Å². The number of rotatable bonds is 9. The lowest BCUT2D eigenvalue weighted by Crippen LogP contribution is -2.44. The molecule has 0 aromatic heterocycles. The maximum absolute atomic E-state index is 12.5. The van der Waals surface area contributed by atoms with Crippen LogP contribution >= 0.6 is 0 Å². The fourth-order valence-corrected chi connectivity index (χ4v) is 2.85. The molecule has 0 spiro atoms. The van der Waals surface area contributed by atoms with Crippen molar-refractivity contribution in [2.75, 3.05) is 13.2 Å². The van der Waals surface area contributed by atoms with Gasteiger partial charge in [-0.15, -0.1) is 0 Å². The lowest BCUT2D eigenvalue weighted by atomic mass is 9.95. The van der Waals surface area contributed by atoms with Gasteiger partial charge in [0.1, 0.15) is 24.0 Å². The number of imide groups is 1. The van der Waals surface area contributed by atoms with Crippen molar-refractivity contribution in [3.8, 4) is 5.75 Å². The summed E-state index contributed by atoms with van der Waals surface area (Å²) in [6.45, 7) is 5.01. The second-order valence-corrected chi connectivity index (χ2v) is 6.83. The van der Waals surface area contributed by atoms with Crippen LogP contribution in [-0.4, -0.2) is 52.5 Å². The van der Waals surface area contributed by atoms with Crippen molar-refractivity contribution in [3.63, 3.8) is 0 Å². The van der Waals surface area contributed by atoms with Gasteiger partial charge in [0.25, 0.3) is 5.91 Å². The predicted octanol–water partition coefficient (Wildman–Crippen LogP) is 2.13. The zero-order valence-electron chi connectivity index (χ0n) is 15.4. The Morgan fingerprint density at radius 1 is 1.31 bits per heavy atom. The number of aliphatic hydroxyl groups is 1. The summed E-state index contributed by atoms with van der Waals surface area (Å²) in [5.74, 6) is 0.140. The number of nitrogens with zero attached hydrogens (tertiary/aromatic N) is 1. The van der Waals surface area contributed by atoms with Crippen LogP contribution in [0.5, 0.6) is 5.75 Å². The van der Waals surface area contributed by atoms with Crippen molar-refractivity contribution in [2.24, 2.45) is 0 Å². The summed E-state index contributed by atoms with van der Waals surface area (Å²) in [5.41, 5.74) is -0.334. The SMILES string of the molecule is CCCCC1(C)NC(=O)N(CC(O)COc2ccc(C(C)=O)cc2)C1=O. The van der Waals surface area contributed by atoms with Crippen LogP contribution in [-0.2, 0) is 4.79 Å². The molecule has 0 radical (unpaired) electrons. The van der Waals surface area contributed by atoms with Gasteiger partial charge in [-0.1, -0.05) is 19.8 Å². The molecule has 2 unspecified atom stereocenters. The summed E-state index contributed by atoms with van der Waals surface area (Å²) in [4.78, 5) is 36.9. The Bertz CT molecular complexity index is 673. The number of amides is 3. The summed E-state index contributed by atoms with van der Waals surface area (Å²) in [6.07, 6.45) is 1.32. The molecule has 1 aliphatic heterocycles. The Kier molecular flexibility index (Phi) is 6.37. The summed E-state index contributed by atoms with van der Waals surface area (Å²) < 4.78 is 5.47. The number of hydrogen-bond donors (Lipinski definition) is 2. The highest BCUT2D eigenvalue weighted by Gasteiger charge is 2.47. The highest BCUT2D eigenvalue weighted by atomic mass is 16.5. The number of benzene rings is 1. The van der Waals surface area contributed by atoms with Crippen LogP contribution < -0.4 is 10.1 Å². The van der Waals surface area contributed by atoms with Crippen LogP contribution in [0.25, 0.3) is 0 Å². The quantitative estimate of drug-likeness (QED) is 0.518. The van der Waals surface area contributed by atoms with Crippen LogP contribution in [0.3, 0.4) is 0 Å². The number of ketones is 1. The van der Waals surface area contributed by atoms with Gasteiger partial charge < -0.3 is 15.2 Å². The van der Waals surface area contributed by atoms with Gasteiger partial charge in [0.2, 0.25) is 0 Å². The molecule has 0 saturated carbocycles. The minimum Gasteiger partial charge on any atom is -0.491 e. The monoisotopic (exact) mass is 362 g/mol. The van der Waals surface area contributed by atoms with Crippen LogP contribution in [0, 0.1) is 0 Å². The van der Waals surface area contributed by atoms with Crippen molar-refractivity contribution in [1.82, 2.24) is 10.2 Å². The summed E-state index contributed by atoms with van der Waals surface area (Å²) >= 11 is 0. The van der Waals surface area contributed by atoms with Gasteiger partial charge in [-0.25, -0.2) is 4.79 Å². The first-order valence-electron chi connectivity index (χ1n) is 8.83. The Morgan fingerprint density at radius 2 is 1.96 bits per heavy atom. The number of aliphatic hydroxyl groups excluding tert-OH is 1. The molecule has 1 heterocycles. The highest BCUT2D eigenvalue weighted by molar-refractivity contribution is 6.06. The third-order valence-electron chi connectivity index (χ3n) is 4.47. The molecule has 1 aromatic carbocycles. The lowest BCUT2D eigenvalue weighted by Gasteiger charge is -2.22. The number of urea groups is 1. The van der Waals surface area contributed by atoms with E-state index >= 15 is 0 Å². The van der Waals surface area contributed by atoms with Crippen molar-refractivity contribution in [2.45, 2.75) is 51.7 Å². The van der Waals surface area contributed by atoms with Crippen LogP contribution in [0.1, 0.15) is 50.4 Å². The van der Waals surface area contributed by atoms with Crippen molar-refractivity contribution in [3.05, 3.63) is 29.8 Å². The predicted molar refractivity (Wildman–Crippen MR) is 96.1 cm³/mol. The first-order chi connectivity index (χ1) is 12.3. The van der Waals surface area contributed by atoms with E-state index in [0.29, 0.717) is 17.7 Å². The molecule has 3 amide bonds. The minimum atomic E-state index is -1.01. The Labute approximate surface area is 153 Å². The Hall–Kier alpha value is -2.41. The van der Waals surface area contributed by atoms with Crippen LogP contribution in [0.4, 0.5) is 4.79 Å². The molecule has 142 valence electrons. The molecule has 1 aromatic rings. The summed E-state index contributed by atoms with van der Waals surface area (Å²) in [5, 5.41) is 12.9. The molecular weight excluding hydrogens is 336 g/mol. The molecule has 7 nitrogen and oxygen atoms in total. The zero-order valence-corrected chi connectivity index (χ0v) is 15.4. The topological polar surface area (TPSA) is 95.9 Å². The van der Waals surface area contributed by atoms with Gasteiger partial charge in [-0.05, 0) is 44.5 Å². The molecular formula is C19H26N2O5. The number of unbranched alkanes of at least 4 members (excludes halogenated alkanes) is 1. The second kappa shape index (κ2) is 8.31. The van der Waals surface area contributed by atoms with E-state index in [0.717, 1.165) is 17.7 Å². The van der Waals surface area contributed by atoms with E-state index in [1.807, 2.05) is 6.92 Å². The highest BCUT2D eigenvalue weighted by Crippen LogP contribution is 2.23. The maximum atomic E-state index is 12.5. The van der Waals surface area contributed by atoms with E-state index < -0.39 is 17.7 Å². The second-order valence-electron chi connectivity index (χ2n) is 6.83. The van der Waals surface area contributed by atoms with Gasteiger partial charge in [0.15, 0.2) is 5.78 Å². The van der Waals surface area contributed by atoms with Gasteiger partial charge in [-0.2, -0.15) is 0 Å². The van der Waals surface area contributed by atoms with Gasteiger partial charge in [-0.3, -0.25) is 14.5 Å². The van der Waals surface area contributed by atoms with E-state index in [9.17, 15) is 19.5 Å². The maximum Gasteiger partial charge on any atom is 0.325 e. The van der Waals surface area contributed by atoms with Gasteiger partial charge >= 0.3 is 6.03 Å². The number of carbonyl (C=O) groups excluding carboxylic acids is 3. The lowest BCUT2D eigenvalue weighted by molar-refractivity contribution is -0.132. The van der Waals surface area contributed by atoms with Crippen LogP contribution in [0.15, 0.2) is 24.3 Å². The fourth-order valence-electron chi connectivity index (χ4n) is 2.85. The number of hydrogen-bond acceptors (Lipinski definition) is 5. The number of carbonyl (C=O) groups is 3. The molecule has 1 fully saturated rings. The van der Waals surface area contributed by atoms with Crippen molar-refractivity contribution in [1.29, 1.82) is 0 Å². The third kappa shape index (κ3) is 4.60. The Morgan fingerprint density at radius 3 is 2.54 bits per heavy atom. The fraction of sp³-hybridized carbons (Fsp3) is 0.526. The summed E-state index contributed by atoms with van der Waals surface area (Å²) in [6, 6.07) is 6.07. The number of nitrogens with one attached hydrogen (secondary N) is 1. The molecule has 26 heavy (non-hydrogen) atoms. The van der Waals surface area contributed by atoms with Gasteiger partial charge in [0.05, 0.1) is 6.54 Å². The molecule has 0 bridgehead atoms. The van der Waals surface area contributed by atoms with E-state index in [4.69, 9.17) is 4.74 Å². The van der Waals surface area contributed by atoms with E-state index in [1.165, 1.54) is 6.92 Å². The number of β-amino-alcohol motifs (C(OH)–C–C–N with tert-alkyl or cyclic N) is 1. The van der Waals surface area contributed by atoms with E-state index in [2.05, 4.69) is 5.32 Å². The molecule has 2 rings (SSSR count). The minimum absolute atomic E-state index is 0.0405. The van der Waals surface area contributed by atoms with Crippen molar-refractivity contribution >= 4 is 17.7 Å². The average molecular weight is 362 g/mol. The average Bonchev–Trinajstić information content (AvgIpc) is 2.82. The Balaban J connectivity index is 1.89. The molecule has 7 heteroatoms.